The van der Waals surface area contributed by atoms with Crippen LogP contribution in [0.1, 0.15) is 18.4 Å². The number of hydrazine groups is 1. The highest BCUT2D eigenvalue weighted by Gasteiger charge is 2.34. The number of nitrogens with zero attached hydrogens (tertiary/aromatic N) is 2. The van der Waals surface area contributed by atoms with E-state index in [4.69, 9.17) is 10.5 Å². The number of primary amides is 1. The smallest absolute Gasteiger partial charge is 0.320 e. The largest absolute Gasteiger partial charge is 0.460 e. The highest BCUT2D eigenvalue weighted by Crippen LogP contribution is 2.17. The Kier molecular flexibility index (Phi) is 7.88. The van der Waals surface area contributed by atoms with Crippen molar-refractivity contribution < 1.29 is 28.3 Å². The van der Waals surface area contributed by atoms with Gasteiger partial charge in [0, 0.05) is 0 Å². The van der Waals surface area contributed by atoms with Gasteiger partial charge in [-0.2, -0.15) is 0 Å². The minimum absolute atomic E-state index is 0.0994. The molecule has 1 heterocycles. The zero-order valence-corrected chi connectivity index (χ0v) is 15.3. The molecule has 0 spiro atoms. The molecule has 28 heavy (non-hydrogen) atoms. The molecule has 0 radical (unpaired) electrons. The Hall–Kier alpha value is -3.01. The van der Waals surface area contributed by atoms with Crippen LogP contribution in [0.15, 0.2) is 30.3 Å². The van der Waals surface area contributed by atoms with Crippen molar-refractivity contribution in [2.75, 3.05) is 26.3 Å². The zero-order chi connectivity index (χ0) is 20.5. The fourth-order valence-electron chi connectivity index (χ4n) is 2.89. The topological polar surface area (TPSA) is 122 Å². The van der Waals surface area contributed by atoms with E-state index >= 15 is 0 Å². The van der Waals surface area contributed by atoms with E-state index in [0.717, 1.165) is 5.56 Å². The molecule has 152 valence electrons. The molecule has 0 bridgehead atoms. The van der Waals surface area contributed by atoms with Gasteiger partial charge in [-0.3, -0.25) is 29.5 Å². The zero-order valence-electron chi connectivity index (χ0n) is 15.3. The minimum Gasteiger partial charge on any atom is -0.460 e. The van der Waals surface area contributed by atoms with Crippen molar-refractivity contribution in [1.29, 1.82) is 0 Å². The van der Waals surface area contributed by atoms with Gasteiger partial charge in [-0.15, -0.1) is 0 Å². The SMILES string of the molecule is NC(=O)CN(NC(=O)[C@@H]1CCCN1CC(=O)OCc1ccccc1)C(=O)CF. The minimum atomic E-state index is -1.38. The van der Waals surface area contributed by atoms with Crippen LogP contribution < -0.4 is 11.2 Å². The van der Waals surface area contributed by atoms with Gasteiger partial charge < -0.3 is 10.5 Å². The molecule has 1 fully saturated rings. The predicted molar refractivity (Wildman–Crippen MR) is 95.9 cm³/mol. The van der Waals surface area contributed by atoms with Crippen LogP contribution in [-0.4, -0.2) is 66.0 Å². The van der Waals surface area contributed by atoms with Crippen LogP contribution in [0.5, 0.6) is 0 Å². The molecule has 0 unspecified atom stereocenters. The lowest BCUT2D eigenvalue weighted by atomic mass is 10.2. The first-order valence-electron chi connectivity index (χ1n) is 8.79. The summed E-state index contributed by atoms with van der Waals surface area (Å²) in [6.07, 6.45) is 1.11. The summed E-state index contributed by atoms with van der Waals surface area (Å²) in [5, 5.41) is 0.550. The van der Waals surface area contributed by atoms with Crippen molar-refractivity contribution in [3.8, 4) is 0 Å². The Labute approximate surface area is 161 Å². The number of carbonyl (C=O) groups is 4. The fraction of sp³-hybridized carbons (Fsp3) is 0.444. The number of hydrogen-bond donors (Lipinski definition) is 2. The summed E-state index contributed by atoms with van der Waals surface area (Å²) in [6.45, 7) is -1.50. The first-order valence-corrected chi connectivity index (χ1v) is 8.79. The van der Waals surface area contributed by atoms with E-state index in [0.29, 0.717) is 24.4 Å². The summed E-state index contributed by atoms with van der Waals surface area (Å²) in [5.74, 6) is -3.08. The Morgan fingerprint density at radius 2 is 1.96 bits per heavy atom. The van der Waals surface area contributed by atoms with Gasteiger partial charge in [0.05, 0.1) is 12.6 Å². The van der Waals surface area contributed by atoms with Crippen LogP contribution in [-0.2, 0) is 30.5 Å². The molecule has 1 saturated heterocycles. The Morgan fingerprint density at radius 1 is 1.25 bits per heavy atom. The average molecular weight is 394 g/mol. The van der Waals surface area contributed by atoms with Crippen molar-refractivity contribution >= 4 is 23.7 Å². The van der Waals surface area contributed by atoms with Crippen LogP contribution in [0, 0.1) is 0 Å². The molecule has 10 heteroatoms. The lowest BCUT2D eigenvalue weighted by Gasteiger charge is -2.26. The molecular weight excluding hydrogens is 371 g/mol. The van der Waals surface area contributed by atoms with E-state index < -0.39 is 43.0 Å². The Morgan fingerprint density at radius 3 is 2.61 bits per heavy atom. The van der Waals surface area contributed by atoms with Crippen molar-refractivity contribution in [3.63, 3.8) is 0 Å². The van der Waals surface area contributed by atoms with Crippen LogP contribution in [0.3, 0.4) is 0 Å². The van der Waals surface area contributed by atoms with E-state index in [9.17, 15) is 23.6 Å². The lowest BCUT2D eigenvalue weighted by molar-refractivity contribution is -0.149. The second kappa shape index (κ2) is 10.4. The summed E-state index contributed by atoms with van der Waals surface area (Å²) >= 11 is 0. The van der Waals surface area contributed by atoms with Gasteiger partial charge in [-0.25, -0.2) is 9.40 Å². The van der Waals surface area contributed by atoms with E-state index in [1.807, 2.05) is 30.3 Å². The molecule has 3 N–H and O–H groups in total. The molecule has 0 aliphatic carbocycles. The highest BCUT2D eigenvalue weighted by atomic mass is 19.1. The third-order valence-corrected chi connectivity index (χ3v) is 4.22. The molecular formula is C18H23FN4O5. The van der Waals surface area contributed by atoms with Crippen molar-refractivity contribution in [2.24, 2.45) is 5.73 Å². The Bertz CT molecular complexity index is 715. The molecule has 1 aromatic carbocycles. The van der Waals surface area contributed by atoms with Crippen molar-refractivity contribution in [2.45, 2.75) is 25.5 Å². The molecule has 1 atom stereocenters. The molecule has 2 rings (SSSR count). The van der Waals surface area contributed by atoms with Gasteiger partial charge in [0.1, 0.15) is 13.2 Å². The third-order valence-electron chi connectivity index (χ3n) is 4.22. The number of alkyl halides is 1. The van der Waals surface area contributed by atoms with Crippen LogP contribution in [0.25, 0.3) is 0 Å². The molecule has 1 aromatic rings. The number of ether oxygens (including phenoxy) is 1. The second-order valence-electron chi connectivity index (χ2n) is 6.33. The highest BCUT2D eigenvalue weighted by molar-refractivity contribution is 5.89. The molecule has 1 aliphatic heterocycles. The number of amides is 3. The first kappa shape index (κ1) is 21.3. The first-order chi connectivity index (χ1) is 13.4. The predicted octanol–water partition coefficient (Wildman–Crippen LogP) is -0.491. The number of hydrogen-bond acceptors (Lipinski definition) is 6. The third kappa shape index (κ3) is 6.31. The van der Waals surface area contributed by atoms with E-state index in [1.54, 1.807) is 4.90 Å². The van der Waals surface area contributed by atoms with Gasteiger partial charge in [-0.05, 0) is 24.9 Å². The van der Waals surface area contributed by atoms with Gasteiger partial charge in [0.25, 0.3) is 11.8 Å². The molecule has 9 nitrogen and oxygen atoms in total. The van der Waals surface area contributed by atoms with Crippen molar-refractivity contribution in [3.05, 3.63) is 35.9 Å². The number of halogens is 1. The van der Waals surface area contributed by atoms with E-state index in [2.05, 4.69) is 5.43 Å². The van der Waals surface area contributed by atoms with Crippen LogP contribution in [0.2, 0.25) is 0 Å². The maximum atomic E-state index is 12.6. The van der Waals surface area contributed by atoms with Gasteiger partial charge >= 0.3 is 5.97 Å². The van der Waals surface area contributed by atoms with Gasteiger partial charge in [-0.1, -0.05) is 30.3 Å². The molecule has 3 amide bonds. The summed E-state index contributed by atoms with van der Waals surface area (Å²) in [5.41, 5.74) is 8.07. The number of rotatable bonds is 8. The number of benzene rings is 1. The molecule has 1 aliphatic rings. The fourth-order valence-corrected chi connectivity index (χ4v) is 2.89. The standard InChI is InChI=1S/C18H23FN4O5/c19-9-16(25)23(10-15(20)24)21-18(27)14-7-4-8-22(14)11-17(26)28-12-13-5-2-1-3-6-13/h1-3,5-6,14H,4,7-12H2,(H2,20,24)(H,21,27)/t14-/m0/s1. The monoisotopic (exact) mass is 394 g/mol. The lowest BCUT2D eigenvalue weighted by Crippen LogP contribution is -2.55. The maximum Gasteiger partial charge on any atom is 0.320 e. The summed E-state index contributed by atoms with van der Waals surface area (Å²) in [6, 6.07) is 8.48. The van der Waals surface area contributed by atoms with Crippen molar-refractivity contribution in [1.82, 2.24) is 15.3 Å². The quantitative estimate of drug-likeness (QED) is 0.453. The average Bonchev–Trinajstić information content (AvgIpc) is 3.13. The van der Waals surface area contributed by atoms with Gasteiger partial charge in [0.2, 0.25) is 5.91 Å². The second-order valence-corrected chi connectivity index (χ2v) is 6.33. The number of nitrogens with two attached hydrogens (primary N) is 1. The number of carbonyl (C=O) groups excluding carboxylic acids is 4. The number of nitrogens with one attached hydrogen (secondary N) is 1. The summed E-state index contributed by atoms with van der Waals surface area (Å²) < 4.78 is 17.8. The Balaban J connectivity index is 1.89. The molecule has 0 aromatic heterocycles. The van der Waals surface area contributed by atoms with Gasteiger partial charge in [0.15, 0.2) is 6.67 Å². The number of likely N-dealkylation sites (tertiary alicyclic amines) is 1. The molecule has 0 saturated carbocycles. The normalized spacial score (nSPS) is 16.4. The number of esters is 1. The van der Waals surface area contributed by atoms with Crippen LogP contribution in [0.4, 0.5) is 4.39 Å². The van der Waals surface area contributed by atoms with E-state index in [-0.39, 0.29) is 13.2 Å². The summed E-state index contributed by atoms with van der Waals surface area (Å²) in [7, 11) is 0. The summed E-state index contributed by atoms with van der Waals surface area (Å²) in [4.78, 5) is 48.7. The van der Waals surface area contributed by atoms with E-state index in [1.165, 1.54) is 0 Å². The van der Waals surface area contributed by atoms with Crippen LogP contribution >= 0.6 is 0 Å². The maximum absolute atomic E-state index is 12.6.